The van der Waals surface area contributed by atoms with Crippen LogP contribution < -0.4 is 12.4 Å². The second-order valence-corrected chi connectivity index (χ2v) is 0.671. The van der Waals surface area contributed by atoms with E-state index in [9.17, 15) is 0 Å². The molecule has 0 aliphatic rings. The quantitative estimate of drug-likeness (QED) is 0.307. The number of hydrogen-bond acceptors (Lipinski definition) is 0. The fourth-order valence-electron chi connectivity index (χ4n) is 0. The van der Waals surface area contributed by atoms with E-state index >= 15 is 0 Å². The van der Waals surface area contributed by atoms with Crippen LogP contribution in [0.5, 0.6) is 0 Å². The number of rotatable bonds is 0. The van der Waals surface area contributed by atoms with Gasteiger partial charge in [0, 0.05) is 0 Å². The van der Waals surface area contributed by atoms with Gasteiger partial charge in [0.1, 0.15) is 0 Å². The van der Waals surface area contributed by atoms with Crippen molar-refractivity contribution >= 4 is 0 Å². The van der Waals surface area contributed by atoms with Crippen molar-refractivity contribution in [1.82, 2.24) is 0 Å². The SMILES string of the molecule is [2H]C([2H])([2H])[N+](C([2H])([2H])[2H])(C([2H])([2H])[2H])C([2H])([2H])[2H].[Cl-]. The summed E-state index contributed by atoms with van der Waals surface area (Å²) in [6, 6.07) is 0. The molecular weight excluding hydrogens is 97.5 g/mol. The van der Waals surface area contributed by atoms with E-state index in [1.54, 1.807) is 0 Å². The summed E-state index contributed by atoms with van der Waals surface area (Å²) in [7, 11) is 0. The smallest absolute Gasteiger partial charge is 0.0886 e. The van der Waals surface area contributed by atoms with Crippen molar-refractivity contribution in [1.29, 1.82) is 0 Å². The van der Waals surface area contributed by atoms with E-state index in [1.807, 2.05) is 0 Å². The van der Waals surface area contributed by atoms with Gasteiger partial charge in [-0.1, -0.05) is 0 Å². The molecule has 0 aromatic carbocycles. The average molecular weight is 122 g/mol. The molecule has 0 fully saturated rings. The summed E-state index contributed by atoms with van der Waals surface area (Å²) in [4.78, 5) is 0. The summed E-state index contributed by atoms with van der Waals surface area (Å²) < 4.78 is 81.4. The lowest BCUT2D eigenvalue weighted by molar-refractivity contribution is -0.849. The van der Waals surface area contributed by atoms with Crippen molar-refractivity contribution in [3.63, 3.8) is 0 Å². The van der Waals surface area contributed by atoms with Gasteiger partial charge in [-0.2, -0.15) is 0 Å². The van der Waals surface area contributed by atoms with Crippen molar-refractivity contribution in [2.45, 2.75) is 0 Å². The third-order valence-corrected chi connectivity index (χ3v) is 0. The van der Waals surface area contributed by atoms with E-state index in [0.29, 0.717) is 0 Å². The molecule has 2 heteroatoms. The Morgan fingerprint density at radius 2 is 1.50 bits per heavy atom. The van der Waals surface area contributed by atoms with Crippen LogP contribution in [0.4, 0.5) is 0 Å². The standard InChI is InChI=1S/C4H12N.ClH/c1-5(2,3)4;/h1-4H3;1H/q+1;/p-1/i1D3,2D3,3D3,4D3;. The van der Waals surface area contributed by atoms with Gasteiger partial charge in [-0.15, -0.1) is 0 Å². The monoisotopic (exact) mass is 121 g/mol. The van der Waals surface area contributed by atoms with Crippen LogP contribution >= 0.6 is 0 Å². The van der Waals surface area contributed by atoms with Gasteiger partial charge in [0.15, 0.2) is 0 Å². The molecule has 0 aromatic rings. The van der Waals surface area contributed by atoms with Gasteiger partial charge >= 0.3 is 0 Å². The number of halogens is 1. The first kappa shape index (κ1) is 0.652. The van der Waals surface area contributed by atoms with E-state index in [0.717, 1.165) is 0 Å². The van der Waals surface area contributed by atoms with Gasteiger partial charge in [-0.25, -0.2) is 0 Å². The molecule has 0 aliphatic carbocycles. The summed E-state index contributed by atoms with van der Waals surface area (Å²) >= 11 is 0. The zero-order chi connectivity index (χ0) is 14.5. The van der Waals surface area contributed by atoms with Crippen LogP contribution in [0, 0.1) is 0 Å². The van der Waals surface area contributed by atoms with Crippen LogP contribution in [0.25, 0.3) is 0 Å². The lowest BCUT2D eigenvalue weighted by Crippen LogP contribution is -3.00. The largest absolute Gasteiger partial charge is 1.00 e. The lowest BCUT2D eigenvalue weighted by atomic mass is 10.8. The van der Waals surface area contributed by atoms with Gasteiger partial charge in [0.05, 0.1) is 44.4 Å². The van der Waals surface area contributed by atoms with Crippen LogP contribution in [-0.2, 0) is 0 Å². The maximum atomic E-state index is 7.03. The predicted octanol–water partition coefficient (Wildman–Crippen LogP) is -2.67. The topological polar surface area (TPSA) is 0 Å². The molecule has 0 N–H and O–H groups in total. The van der Waals surface area contributed by atoms with Gasteiger partial charge < -0.3 is 16.9 Å². The molecule has 0 rings (SSSR count). The minimum absolute atomic E-state index is 0. The van der Waals surface area contributed by atoms with Crippen LogP contribution in [0.3, 0.4) is 0 Å². The molecule has 0 amide bonds. The van der Waals surface area contributed by atoms with Crippen molar-refractivity contribution < 1.29 is 33.3 Å². The van der Waals surface area contributed by atoms with Crippen LogP contribution in [0.1, 0.15) is 16.4 Å². The van der Waals surface area contributed by atoms with Crippen molar-refractivity contribution in [2.24, 2.45) is 0 Å². The maximum Gasteiger partial charge on any atom is 0.0886 e. The first-order valence-corrected chi connectivity index (χ1v) is 0.894. The molecular formula is C4H12ClN. The van der Waals surface area contributed by atoms with Crippen molar-refractivity contribution in [3.05, 3.63) is 0 Å². The zero-order valence-corrected chi connectivity index (χ0v) is 3.58. The van der Waals surface area contributed by atoms with E-state index in [2.05, 4.69) is 0 Å². The van der Waals surface area contributed by atoms with Crippen molar-refractivity contribution in [2.75, 3.05) is 27.9 Å². The van der Waals surface area contributed by atoms with Gasteiger partial charge in [-0.3, -0.25) is 0 Å². The Hall–Kier alpha value is 0.250. The molecule has 0 spiro atoms. The Bertz CT molecular complexity index is 217. The second-order valence-electron chi connectivity index (χ2n) is 0.671. The fraction of sp³-hybridized carbons (Fsp3) is 1.00. The van der Waals surface area contributed by atoms with Gasteiger partial charge in [-0.05, 0) is 0 Å². The third-order valence-electron chi connectivity index (χ3n) is 0. The molecule has 1 nitrogen and oxygen atoms in total. The molecule has 0 bridgehead atoms. The molecule has 0 saturated heterocycles. The molecule has 40 valence electrons. The Kier molecular flexibility index (Phi) is 0.264. The van der Waals surface area contributed by atoms with Crippen LogP contribution in [0.2, 0.25) is 0 Å². The normalized spacial score (nSPS) is 48.0. The molecule has 6 heavy (non-hydrogen) atoms. The molecule has 0 aromatic heterocycles. The molecule has 0 heterocycles. The third kappa shape index (κ3) is 718. The molecule has 0 aliphatic heterocycles. The number of hydrogen-bond donors (Lipinski definition) is 0. The number of quaternary nitrogens is 1. The van der Waals surface area contributed by atoms with E-state index in [4.69, 9.17) is 16.4 Å². The molecule has 0 unspecified atom stereocenters. The first-order valence-electron chi connectivity index (χ1n) is 6.89. The summed E-state index contributed by atoms with van der Waals surface area (Å²) in [5.41, 5.74) is 0. The molecule has 0 saturated carbocycles. The van der Waals surface area contributed by atoms with Gasteiger partial charge in [0.2, 0.25) is 0 Å². The second kappa shape index (κ2) is 2.43. The van der Waals surface area contributed by atoms with Gasteiger partial charge in [0.25, 0.3) is 0 Å². The van der Waals surface area contributed by atoms with Crippen LogP contribution in [-0.4, -0.2) is 32.4 Å². The Morgan fingerprint density at radius 1 is 1.17 bits per heavy atom. The summed E-state index contributed by atoms with van der Waals surface area (Å²) in [5.74, 6) is 0. The highest BCUT2D eigenvalue weighted by molar-refractivity contribution is 3.87. The fourth-order valence-corrected chi connectivity index (χ4v) is 0. The lowest BCUT2D eigenvalue weighted by Gasteiger charge is -2.14. The molecule has 0 atom stereocenters. The summed E-state index contributed by atoms with van der Waals surface area (Å²) in [6.07, 6.45) is 0. The van der Waals surface area contributed by atoms with E-state index in [1.165, 1.54) is 0 Å². The zero-order valence-electron chi connectivity index (χ0n) is 14.8. The summed E-state index contributed by atoms with van der Waals surface area (Å²) in [5, 5.41) is 0. The van der Waals surface area contributed by atoms with Crippen molar-refractivity contribution in [3.8, 4) is 0 Å². The average Bonchev–Trinajstić information content (AvgIpc) is 1.67. The van der Waals surface area contributed by atoms with E-state index < -0.39 is 32.4 Å². The highest BCUT2D eigenvalue weighted by Crippen LogP contribution is 1.73. The predicted molar refractivity (Wildman–Crippen MR) is 24.0 cm³/mol. The number of nitrogens with zero attached hydrogens (tertiary/aromatic N) is 1. The highest BCUT2D eigenvalue weighted by atomic mass is 35.5. The maximum absolute atomic E-state index is 7.03. The highest BCUT2D eigenvalue weighted by Gasteiger charge is 1.88. The Morgan fingerprint density at radius 3 is 1.50 bits per heavy atom. The minimum Gasteiger partial charge on any atom is -1.00 e. The Balaban J connectivity index is 0. The van der Waals surface area contributed by atoms with Crippen LogP contribution in [0.15, 0.2) is 0 Å². The minimum atomic E-state index is -3.73. The summed E-state index contributed by atoms with van der Waals surface area (Å²) in [6.45, 7) is -14.9. The molecule has 0 radical (unpaired) electrons. The Labute approximate surface area is 62.8 Å². The van der Waals surface area contributed by atoms with E-state index in [-0.39, 0.29) is 12.4 Å². The first-order chi connectivity index (χ1) is 7.00.